The predicted octanol–water partition coefficient (Wildman–Crippen LogP) is 1.94. The van der Waals surface area contributed by atoms with E-state index in [-0.39, 0.29) is 18.2 Å². The number of benzene rings is 1. The summed E-state index contributed by atoms with van der Waals surface area (Å²) < 4.78 is 4.86. The number of hydrogen-bond donors (Lipinski definition) is 1. The van der Waals surface area contributed by atoms with Crippen molar-refractivity contribution < 1.29 is 14.5 Å². The highest BCUT2D eigenvalue weighted by Crippen LogP contribution is 2.19. The third-order valence-electron chi connectivity index (χ3n) is 2.67. The first-order valence-corrected chi connectivity index (χ1v) is 6.09. The summed E-state index contributed by atoms with van der Waals surface area (Å²) in [5.74, 6) is -0.363. The van der Waals surface area contributed by atoms with Crippen LogP contribution in [0.1, 0.15) is 25.0 Å². The fraction of sp³-hybridized carbons (Fsp3) is 0.462. The number of nitro benzene ring substituents is 1. The van der Waals surface area contributed by atoms with Gasteiger partial charge in [-0.3, -0.25) is 14.9 Å². The van der Waals surface area contributed by atoms with Crippen molar-refractivity contribution in [1.82, 2.24) is 5.32 Å². The molecule has 1 atom stereocenters. The van der Waals surface area contributed by atoms with Gasteiger partial charge in [-0.1, -0.05) is 11.6 Å². The van der Waals surface area contributed by atoms with Crippen molar-refractivity contribution in [2.24, 2.45) is 0 Å². The van der Waals surface area contributed by atoms with Gasteiger partial charge in [-0.2, -0.15) is 0 Å². The van der Waals surface area contributed by atoms with Gasteiger partial charge in [-0.25, -0.2) is 0 Å². The van der Waals surface area contributed by atoms with Crippen LogP contribution in [-0.2, 0) is 16.1 Å². The van der Waals surface area contributed by atoms with Gasteiger partial charge >= 0.3 is 5.97 Å². The Balaban J connectivity index is 2.74. The van der Waals surface area contributed by atoms with Crippen LogP contribution in [0.15, 0.2) is 18.2 Å². The van der Waals surface area contributed by atoms with Crippen LogP contribution in [0.4, 0.5) is 5.69 Å². The van der Waals surface area contributed by atoms with Crippen LogP contribution in [0.2, 0.25) is 0 Å². The van der Waals surface area contributed by atoms with Gasteiger partial charge in [-0.15, -0.1) is 0 Å². The first-order chi connectivity index (χ1) is 8.95. The summed E-state index contributed by atoms with van der Waals surface area (Å²) in [7, 11) is 0. The minimum atomic E-state index is -0.500. The molecule has 0 radical (unpaired) electrons. The van der Waals surface area contributed by atoms with Crippen molar-refractivity contribution in [2.75, 3.05) is 6.61 Å². The van der Waals surface area contributed by atoms with E-state index in [1.54, 1.807) is 26.0 Å². The van der Waals surface area contributed by atoms with Crippen LogP contribution < -0.4 is 5.32 Å². The molecular weight excluding hydrogens is 248 g/mol. The average molecular weight is 266 g/mol. The zero-order chi connectivity index (χ0) is 14.4. The van der Waals surface area contributed by atoms with Crippen molar-refractivity contribution in [2.45, 2.75) is 33.4 Å². The number of nitrogens with zero attached hydrogens (tertiary/aromatic N) is 1. The van der Waals surface area contributed by atoms with Crippen molar-refractivity contribution in [3.8, 4) is 0 Å². The monoisotopic (exact) mass is 266 g/mol. The van der Waals surface area contributed by atoms with Crippen LogP contribution in [0, 0.1) is 17.0 Å². The smallest absolute Gasteiger partial charge is 0.322 e. The number of nitro groups is 1. The molecule has 0 unspecified atom stereocenters. The van der Waals surface area contributed by atoms with Crippen LogP contribution in [0.25, 0.3) is 0 Å². The molecule has 1 rings (SSSR count). The van der Waals surface area contributed by atoms with Crippen LogP contribution in [0.3, 0.4) is 0 Å². The molecule has 0 aliphatic carbocycles. The van der Waals surface area contributed by atoms with E-state index in [1.165, 1.54) is 6.07 Å². The maximum atomic E-state index is 11.4. The highest BCUT2D eigenvalue weighted by Gasteiger charge is 2.17. The molecular formula is C13H18N2O4. The van der Waals surface area contributed by atoms with Crippen LogP contribution >= 0.6 is 0 Å². The Morgan fingerprint density at radius 2 is 2.21 bits per heavy atom. The Morgan fingerprint density at radius 1 is 1.53 bits per heavy atom. The molecule has 0 saturated heterocycles. The molecule has 0 saturated carbocycles. The van der Waals surface area contributed by atoms with Gasteiger partial charge < -0.3 is 10.1 Å². The zero-order valence-corrected chi connectivity index (χ0v) is 11.3. The van der Waals surface area contributed by atoms with Crippen molar-refractivity contribution in [1.29, 1.82) is 0 Å². The van der Waals surface area contributed by atoms with Crippen molar-refractivity contribution >= 4 is 11.7 Å². The molecule has 0 bridgehead atoms. The molecule has 0 aromatic heterocycles. The lowest BCUT2D eigenvalue weighted by molar-refractivity contribution is -0.385. The molecule has 0 aliphatic heterocycles. The summed E-state index contributed by atoms with van der Waals surface area (Å²) in [6.07, 6.45) is 0. The Morgan fingerprint density at radius 3 is 2.79 bits per heavy atom. The molecule has 6 nitrogen and oxygen atoms in total. The lowest BCUT2D eigenvalue weighted by Crippen LogP contribution is -2.35. The fourth-order valence-corrected chi connectivity index (χ4v) is 1.65. The molecule has 0 spiro atoms. The van der Waals surface area contributed by atoms with Crippen molar-refractivity contribution in [3.05, 3.63) is 39.4 Å². The topological polar surface area (TPSA) is 81.5 Å². The molecule has 19 heavy (non-hydrogen) atoms. The van der Waals surface area contributed by atoms with Gasteiger partial charge in [0.05, 0.1) is 11.5 Å². The fourth-order valence-electron chi connectivity index (χ4n) is 1.65. The molecule has 0 fully saturated rings. The standard InChI is InChI=1S/C13H18N2O4/c1-4-19-13(16)10(3)14-8-11-7-9(2)5-6-12(11)15(17)18/h5-7,10,14H,4,8H2,1-3H3/t10-/m0/s1. The summed E-state index contributed by atoms with van der Waals surface area (Å²) in [5.41, 5.74) is 1.54. The summed E-state index contributed by atoms with van der Waals surface area (Å²) in [6.45, 7) is 5.82. The van der Waals surface area contributed by atoms with Gasteiger partial charge in [-0.05, 0) is 26.8 Å². The van der Waals surface area contributed by atoms with Crippen LogP contribution in [-0.4, -0.2) is 23.5 Å². The Hall–Kier alpha value is -1.95. The molecule has 104 valence electrons. The maximum absolute atomic E-state index is 11.4. The minimum Gasteiger partial charge on any atom is -0.465 e. The van der Waals surface area contributed by atoms with Crippen molar-refractivity contribution in [3.63, 3.8) is 0 Å². The van der Waals surface area contributed by atoms with E-state index in [9.17, 15) is 14.9 Å². The highest BCUT2D eigenvalue weighted by molar-refractivity contribution is 5.75. The van der Waals surface area contributed by atoms with E-state index < -0.39 is 11.0 Å². The zero-order valence-electron chi connectivity index (χ0n) is 11.3. The van der Waals surface area contributed by atoms with Gasteiger partial charge in [0.1, 0.15) is 6.04 Å². The van der Waals surface area contributed by atoms with E-state index in [1.807, 2.05) is 6.92 Å². The van der Waals surface area contributed by atoms with Gasteiger partial charge in [0.2, 0.25) is 0 Å². The first kappa shape index (κ1) is 15.1. The second-order valence-corrected chi connectivity index (χ2v) is 4.24. The number of carbonyl (C=O) groups excluding carboxylic acids is 1. The van der Waals surface area contributed by atoms with Gasteiger partial charge in [0.15, 0.2) is 0 Å². The molecule has 6 heteroatoms. The molecule has 0 aliphatic rings. The lowest BCUT2D eigenvalue weighted by Gasteiger charge is -2.12. The van der Waals surface area contributed by atoms with Gasteiger partial charge in [0, 0.05) is 18.2 Å². The summed E-state index contributed by atoms with van der Waals surface area (Å²) in [6, 6.07) is 4.40. The average Bonchev–Trinajstić information content (AvgIpc) is 2.35. The number of ether oxygens (including phenoxy) is 1. The second kappa shape index (κ2) is 6.84. The number of nitrogens with one attached hydrogen (secondary N) is 1. The molecule has 1 aromatic rings. The third-order valence-corrected chi connectivity index (χ3v) is 2.67. The maximum Gasteiger partial charge on any atom is 0.322 e. The van der Waals surface area contributed by atoms with E-state index in [4.69, 9.17) is 4.74 Å². The van der Waals surface area contributed by atoms with Gasteiger partial charge in [0.25, 0.3) is 5.69 Å². The quantitative estimate of drug-likeness (QED) is 0.483. The van der Waals surface area contributed by atoms with E-state index in [2.05, 4.69) is 5.32 Å². The number of aryl methyl sites for hydroxylation is 1. The molecule has 1 aromatic carbocycles. The number of carbonyl (C=O) groups is 1. The number of rotatable bonds is 6. The van der Waals surface area contributed by atoms with Crippen LogP contribution in [0.5, 0.6) is 0 Å². The Kier molecular flexibility index (Phi) is 5.44. The summed E-state index contributed by atoms with van der Waals surface area (Å²) in [5, 5.41) is 13.8. The highest BCUT2D eigenvalue weighted by atomic mass is 16.6. The van der Waals surface area contributed by atoms with E-state index in [0.717, 1.165) is 5.56 Å². The second-order valence-electron chi connectivity index (χ2n) is 4.24. The molecule has 0 amide bonds. The van der Waals surface area contributed by atoms with E-state index in [0.29, 0.717) is 12.2 Å². The normalized spacial score (nSPS) is 11.9. The number of esters is 1. The summed E-state index contributed by atoms with van der Waals surface area (Å²) in [4.78, 5) is 21.9. The first-order valence-electron chi connectivity index (χ1n) is 6.09. The largest absolute Gasteiger partial charge is 0.465 e. The minimum absolute atomic E-state index is 0.0501. The number of hydrogen-bond acceptors (Lipinski definition) is 5. The SMILES string of the molecule is CCOC(=O)[C@H](C)NCc1cc(C)ccc1[N+](=O)[O-]. The Bertz CT molecular complexity index is 474. The lowest BCUT2D eigenvalue weighted by atomic mass is 10.1. The summed E-state index contributed by atoms with van der Waals surface area (Å²) >= 11 is 0. The molecule has 0 heterocycles. The Labute approximate surface area is 111 Å². The predicted molar refractivity (Wildman–Crippen MR) is 70.8 cm³/mol. The third kappa shape index (κ3) is 4.33. The molecule has 1 N–H and O–H groups in total. The van der Waals surface area contributed by atoms with E-state index >= 15 is 0 Å².